The lowest BCUT2D eigenvalue weighted by Crippen LogP contribution is -2.46. The Morgan fingerprint density at radius 3 is 1.72 bits per heavy atom. The average Bonchev–Trinajstić information content (AvgIpc) is 4.01. The minimum atomic E-state index is -1.60. The molecule has 0 radical (unpaired) electrons. The van der Waals surface area contributed by atoms with Crippen LogP contribution < -0.4 is 16.8 Å². The van der Waals surface area contributed by atoms with E-state index in [2.05, 4.69) is 147 Å². The monoisotopic (exact) mass is 1110 g/mol. The smallest absolute Gasteiger partial charge is 0.163 e. The molecule has 0 unspecified atom stereocenters. The van der Waals surface area contributed by atoms with Gasteiger partial charge in [0.15, 0.2) is 8.24 Å². The summed E-state index contributed by atoms with van der Waals surface area (Å²) in [5, 5.41) is 8.34. The summed E-state index contributed by atoms with van der Waals surface area (Å²) < 4.78 is 3.26. The molecule has 10 nitrogen and oxygen atoms in total. The number of nitrogens with one attached hydrogen (secondary N) is 2. The Balaban J connectivity index is 0.000000216. The Labute approximate surface area is 417 Å². The van der Waals surface area contributed by atoms with E-state index in [1.165, 1.54) is 35.8 Å². The Kier molecular flexibility index (Phi) is 21.4. The van der Waals surface area contributed by atoms with E-state index in [1.807, 2.05) is 30.5 Å². The summed E-state index contributed by atoms with van der Waals surface area (Å²) in [5.74, 6) is 3.27. The first-order valence-corrected chi connectivity index (χ1v) is 28.9. The fraction of sp³-hybridized carbons (Fsp3) is 0.283. The molecule has 0 saturated carbocycles. The average molecular weight is 1110 g/mol. The Hall–Kier alpha value is -3.86. The summed E-state index contributed by atoms with van der Waals surface area (Å²) in [5.41, 5.74) is 13.6. The fourth-order valence-electron chi connectivity index (χ4n) is 6.13. The minimum Gasteiger partial charge on any atom is -0.384 e. The summed E-state index contributed by atoms with van der Waals surface area (Å²) in [6.07, 6.45) is 16.7. The number of hydrogen-bond acceptors (Lipinski definition) is 7. The van der Waals surface area contributed by atoms with E-state index >= 15 is 0 Å². The molecule has 0 aliphatic carbocycles. The lowest BCUT2D eigenvalue weighted by molar-refractivity contribution is 0.702. The van der Waals surface area contributed by atoms with Gasteiger partial charge in [-0.15, -0.1) is 12.3 Å². The maximum Gasteiger partial charge on any atom is 0.163 e. The van der Waals surface area contributed by atoms with Crippen LogP contribution in [0, 0.1) is 15.9 Å². The first-order chi connectivity index (χ1) is 30.1. The van der Waals surface area contributed by atoms with Crippen molar-refractivity contribution in [3.63, 3.8) is 0 Å². The van der Waals surface area contributed by atoms with Crippen molar-refractivity contribution >= 4 is 147 Å². The molecule has 8 aromatic rings. The third-order valence-electron chi connectivity index (χ3n) is 10.9. The molecule has 0 spiro atoms. The number of anilines is 2. The van der Waals surface area contributed by atoms with Crippen molar-refractivity contribution in [1.29, 1.82) is 0 Å². The number of hydrogen-bond donors (Lipinski definition) is 4. The van der Waals surface area contributed by atoms with Crippen molar-refractivity contribution < 1.29 is 0 Å². The highest BCUT2D eigenvalue weighted by molar-refractivity contribution is 14.1. The normalized spacial score (nSPS) is 11.0. The summed E-state index contributed by atoms with van der Waals surface area (Å²) in [6, 6.07) is 21.1. The van der Waals surface area contributed by atoms with Gasteiger partial charge in [-0.3, -0.25) is 0 Å². The zero-order valence-electron chi connectivity index (χ0n) is 37.5. The number of halogens is 6. The van der Waals surface area contributed by atoms with Gasteiger partial charge < -0.3 is 25.7 Å². The van der Waals surface area contributed by atoms with E-state index in [1.54, 1.807) is 43.7 Å². The van der Waals surface area contributed by atoms with Crippen LogP contribution in [0.15, 0.2) is 98.0 Å². The molecular formula is C46H56Cl5IN10Si2. The van der Waals surface area contributed by atoms with Crippen LogP contribution in [0.5, 0.6) is 0 Å². The third-order valence-corrected chi connectivity index (χ3v) is 23.5. The van der Waals surface area contributed by atoms with E-state index in [0.29, 0.717) is 41.8 Å². The topological polar surface area (TPSA) is 153 Å². The van der Waals surface area contributed by atoms with Crippen molar-refractivity contribution in [2.45, 2.75) is 84.7 Å². The summed E-state index contributed by atoms with van der Waals surface area (Å²) in [7, 11) is -2.93. The number of pyridine rings is 5. The van der Waals surface area contributed by atoms with Gasteiger partial charge in [-0.25, -0.2) is 24.9 Å². The number of aromatic amines is 2. The van der Waals surface area contributed by atoms with Crippen LogP contribution >= 0.6 is 80.6 Å². The number of nitrogen functional groups attached to an aromatic ring is 2. The number of rotatable bonds is 5. The van der Waals surface area contributed by atoms with Crippen molar-refractivity contribution in [1.82, 2.24) is 39.1 Å². The van der Waals surface area contributed by atoms with Crippen LogP contribution in [0.3, 0.4) is 0 Å². The molecule has 0 saturated heterocycles. The number of terminal acetylenes is 1. The first-order valence-electron chi connectivity index (χ1n) is 20.3. The van der Waals surface area contributed by atoms with Crippen LogP contribution in [-0.4, -0.2) is 55.4 Å². The van der Waals surface area contributed by atoms with E-state index in [-0.39, 0.29) is 0 Å². The van der Waals surface area contributed by atoms with Gasteiger partial charge >= 0.3 is 0 Å². The summed E-state index contributed by atoms with van der Waals surface area (Å²) >= 11 is 30.8. The quantitative estimate of drug-likeness (QED) is 0.0760. The molecule has 64 heavy (non-hydrogen) atoms. The molecule has 0 aromatic carbocycles. The number of fused-ring (bicyclic) bond motifs is 3. The second-order valence-corrected chi connectivity index (χ2v) is 29.6. The van der Waals surface area contributed by atoms with Gasteiger partial charge in [0.05, 0.1) is 28.7 Å². The molecule has 6 N–H and O–H groups in total. The van der Waals surface area contributed by atoms with Gasteiger partial charge in [0.25, 0.3) is 0 Å². The van der Waals surface area contributed by atoms with Crippen molar-refractivity contribution in [2.75, 3.05) is 11.5 Å². The molecule has 0 atom stereocenters. The minimum absolute atomic E-state index is 0.292. The molecule has 0 amide bonds. The Morgan fingerprint density at radius 1 is 0.688 bits per heavy atom. The molecule has 8 aromatic heterocycles. The first kappa shape index (κ1) is 54.5. The van der Waals surface area contributed by atoms with Gasteiger partial charge in [0, 0.05) is 58.7 Å². The molecule has 340 valence electrons. The van der Waals surface area contributed by atoms with E-state index in [9.17, 15) is 0 Å². The second-order valence-electron chi connectivity index (χ2n) is 16.0. The fourth-order valence-corrected chi connectivity index (χ4v) is 12.9. The van der Waals surface area contributed by atoms with Crippen LogP contribution in [0.4, 0.5) is 11.6 Å². The molecule has 0 aliphatic rings. The standard InChI is InChI=1S/2C13H19ClN2Si.C7H5ClN2.C5H4ClIN2.C5H5ClN2.C3H4/c1-13(2,3)17(4,5)16-7-6-10-8-11(14)9-15-12(10)16;1-4-17(5-2,6-3)12-8-10-7-11(14)9-15-13(10)16-12;8-6-3-5-1-2-9-7(5)10-4-6;6-3-1-4(7)5(8)9-2-3;6-4-1-2-5(7)8-3-4;1-3-2/h6-9H,1-5H3;7-9H,4-6H2,1-3H3,(H,15,16);1-4H,(H,9,10);1-2H,(H2,8,9);1-3H,(H2,7,8);1H,2H3. The van der Waals surface area contributed by atoms with Crippen LogP contribution in [0.2, 0.25) is 61.4 Å². The van der Waals surface area contributed by atoms with Gasteiger partial charge in [0.2, 0.25) is 0 Å². The zero-order chi connectivity index (χ0) is 47.8. The molecule has 18 heteroatoms. The lowest BCUT2D eigenvalue weighted by Gasteiger charge is -2.38. The van der Waals surface area contributed by atoms with Gasteiger partial charge in [-0.2, -0.15) is 0 Å². The van der Waals surface area contributed by atoms with Gasteiger partial charge in [-0.05, 0) is 95.3 Å². The lowest BCUT2D eigenvalue weighted by atomic mass is 10.2. The number of aromatic nitrogens is 8. The third kappa shape index (κ3) is 15.4. The van der Waals surface area contributed by atoms with Crippen LogP contribution in [0.1, 0.15) is 48.5 Å². The maximum atomic E-state index is 5.98. The Morgan fingerprint density at radius 2 is 1.20 bits per heavy atom. The second kappa shape index (κ2) is 25.2. The molecular weight excluding hydrogens is 1050 g/mol. The van der Waals surface area contributed by atoms with E-state index in [4.69, 9.17) is 69.5 Å². The van der Waals surface area contributed by atoms with Gasteiger partial charge in [0.1, 0.15) is 36.7 Å². The van der Waals surface area contributed by atoms with Crippen LogP contribution in [0.25, 0.3) is 33.1 Å². The zero-order valence-corrected chi connectivity index (χ0v) is 45.5. The molecule has 0 fully saturated rings. The Bertz CT molecular complexity index is 2700. The molecule has 8 rings (SSSR count). The molecule has 0 bridgehead atoms. The van der Waals surface area contributed by atoms with Gasteiger partial charge in [-0.1, -0.05) is 131 Å². The summed E-state index contributed by atoms with van der Waals surface area (Å²) in [6.45, 7) is 20.3. The maximum absolute atomic E-state index is 5.98. The molecule has 8 heterocycles. The van der Waals surface area contributed by atoms with Crippen LogP contribution in [-0.2, 0) is 0 Å². The highest BCUT2D eigenvalue weighted by atomic mass is 127. The van der Waals surface area contributed by atoms with Crippen molar-refractivity contribution in [2.24, 2.45) is 0 Å². The number of H-pyrrole nitrogens is 2. The highest BCUT2D eigenvalue weighted by Gasteiger charge is 2.38. The number of nitrogens with zero attached hydrogens (tertiary/aromatic N) is 6. The predicted octanol–water partition coefficient (Wildman–Crippen LogP) is 14.6. The van der Waals surface area contributed by atoms with E-state index < -0.39 is 16.3 Å². The SMILES string of the molecule is C#CC.CC(C)(C)[Si](C)(C)n1ccc2cc(Cl)cnc21.CC[Si](CC)(CC)c1cc2cc(Cl)cnc2[nH]1.Clc1cnc2[nH]ccc2c1.Nc1ccc(Cl)cn1.Nc1ncc(Cl)cc1I. The van der Waals surface area contributed by atoms with Crippen molar-refractivity contribution in [3.8, 4) is 12.3 Å². The molecule has 0 aliphatic heterocycles. The summed E-state index contributed by atoms with van der Waals surface area (Å²) in [4.78, 5) is 26.9. The highest BCUT2D eigenvalue weighted by Crippen LogP contribution is 2.38. The van der Waals surface area contributed by atoms with Crippen molar-refractivity contribution in [3.05, 3.63) is 127 Å². The largest absolute Gasteiger partial charge is 0.384 e. The predicted molar refractivity (Wildman–Crippen MR) is 291 cm³/mol. The van der Waals surface area contributed by atoms with E-state index in [0.717, 1.165) is 36.7 Å². The number of nitrogens with two attached hydrogens (primary N) is 2.